The smallest absolute Gasteiger partial charge is 0.243 e. The number of benzene rings is 2. The summed E-state index contributed by atoms with van der Waals surface area (Å²) in [7, 11) is -3.49. The molecule has 3 aromatic rings. The zero-order chi connectivity index (χ0) is 22.1. The lowest BCUT2D eigenvalue weighted by molar-refractivity contribution is 0.346. The van der Waals surface area contributed by atoms with Gasteiger partial charge in [0.1, 0.15) is 6.07 Å². The van der Waals surface area contributed by atoms with Gasteiger partial charge in [0.25, 0.3) is 0 Å². The van der Waals surface area contributed by atoms with Crippen molar-refractivity contribution in [2.24, 2.45) is 0 Å². The molecular weight excluding hydrogens is 424 g/mol. The van der Waals surface area contributed by atoms with Gasteiger partial charge in [-0.25, -0.2) is 8.42 Å². The Morgan fingerprint density at radius 1 is 0.938 bits per heavy atom. The number of aromatic nitrogens is 1. The van der Waals surface area contributed by atoms with Crippen LogP contribution in [0.3, 0.4) is 0 Å². The topological polar surface area (TPSA) is 90.4 Å². The van der Waals surface area contributed by atoms with Crippen molar-refractivity contribution in [2.75, 3.05) is 24.5 Å². The third kappa shape index (κ3) is 3.78. The van der Waals surface area contributed by atoms with Crippen LogP contribution >= 0.6 is 0 Å². The number of hydrogen-bond donors (Lipinski definition) is 0. The molecular formula is C24H24N4O3S. The van der Waals surface area contributed by atoms with Crippen LogP contribution in [0.2, 0.25) is 0 Å². The molecule has 2 aliphatic heterocycles. The summed E-state index contributed by atoms with van der Waals surface area (Å²) in [6, 6.07) is 17.0. The number of rotatable bonds is 4. The Bertz CT molecular complexity index is 1270. The molecule has 7 nitrogen and oxygen atoms in total. The van der Waals surface area contributed by atoms with Crippen LogP contribution in [0.5, 0.6) is 0 Å². The third-order valence-corrected chi connectivity index (χ3v) is 8.10. The van der Waals surface area contributed by atoms with Crippen molar-refractivity contribution in [3.63, 3.8) is 0 Å². The summed E-state index contributed by atoms with van der Waals surface area (Å²) in [6.45, 7) is 2.54. The van der Waals surface area contributed by atoms with Gasteiger partial charge in [-0.1, -0.05) is 30.7 Å². The van der Waals surface area contributed by atoms with Crippen LogP contribution in [0.1, 0.15) is 36.1 Å². The summed E-state index contributed by atoms with van der Waals surface area (Å²) in [4.78, 5) is 6.68. The van der Waals surface area contributed by atoms with Crippen LogP contribution in [0.4, 0.5) is 5.88 Å². The third-order valence-electron chi connectivity index (χ3n) is 6.19. The van der Waals surface area contributed by atoms with Gasteiger partial charge in [-0.3, -0.25) is 0 Å². The predicted molar refractivity (Wildman–Crippen MR) is 120 cm³/mol. The number of anilines is 1. The molecule has 0 saturated carbocycles. The molecule has 0 spiro atoms. The Balaban J connectivity index is 1.40. The highest BCUT2D eigenvalue weighted by Gasteiger charge is 2.27. The van der Waals surface area contributed by atoms with Crippen molar-refractivity contribution in [2.45, 2.75) is 37.1 Å². The molecule has 0 unspecified atom stereocenters. The zero-order valence-corrected chi connectivity index (χ0v) is 18.5. The highest BCUT2D eigenvalue weighted by molar-refractivity contribution is 7.89. The van der Waals surface area contributed by atoms with Gasteiger partial charge < -0.3 is 9.32 Å². The van der Waals surface area contributed by atoms with E-state index in [4.69, 9.17) is 4.42 Å². The fraction of sp³-hybridized carbons (Fsp3) is 0.333. The first-order chi connectivity index (χ1) is 15.6. The predicted octanol–water partition coefficient (Wildman–Crippen LogP) is 3.95. The quantitative estimate of drug-likeness (QED) is 0.600. The van der Waals surface area contributed by atoms with Crippen molar-refractivity contribution in [1.29, 1.82) is 5.26 Å². The summed E-state index contributed by atoms with van der Waals surface area (Å²) in [6.07, 6.45) is 3.74. The van der Waals surface area contributed by atoms with Crippen molar-refractivity contribution in [1.82, 2.24) is 9.29 Å². The maximum Gasteiger partial charge on any atom is 0.243 e. The fourth-order valence-electron chi connectivity index (χ4n) is 4.42. The van der Waals surface area contributed by atoms with Crippen LogP contribution in [0, 0.1) is 11.3 Å². The molecule has 164 valence electrons. The molecule has 0 aliphatic carbocycles. The van der Waals surface area contributed by atoms with Gasteiger partial charge in [-0.15, -0.1) is 0 Å². The minimum Gasteiger partial charge on any atom is -0.419 e. The van der Waals surface area contributed by atoms with Crippen LogP contribution in [0.15, 0.2) is 57.8 Å². The lowest BCUT2D eigenvalue weighted by atomic mass is 10.00. The van der Waals surface area contributed by atoms with Gasteiger partial charge in [0.05, 0.1) is 4.90 Å². The summed E-state index contributed by atoms with van der Waals surface area (Å²) in [5.41, 5.74) is 3.41. The minimum absolute atomic E-state index is 0.240. The molecule has 0 radical (unpaired) electrons. The summed E-state index contributed by atoms with van der Waals surface area (Å²) >= 11 is 0. The van der Waals surface area contributed by atoms with Crippen LogP contribution in [0.25, 0.3) is 11.5 Å². The van der Waals surface area contributed by atoms with Crippen molar-refractivity contribution >= 4 is 15.9 Å². The number of nitrogens with zero attached hydrogens (tertiary/aromatic N) is 4. The number of fused-ring (bicyclic) bond motifs is 1. The van der Waals surface area contributed by atoms with Crippen molar-refractivity contribution < 1.29 is 12.8 Å². The molecule has 1 fully saturated rings. The Morgan fingerprint density at radius 2 is 1.66 bits per heavy atom. The zero-order valence-electron chi connectivity index (χ0n) is 17.7. The highest BCUT2D eigenvalue weighted by atomic mass is 32.2. The Morgan fingerprint density at radius 3 is 2.38 bits per heavy atom. The van der Waals surface area contributed by atoms with E-state index >= 15 is 0 Å². The van der Waals surface area contributed by atoms with E-state index in [1.54, 1.807) is 28.6 Å². The molecule has 0 atom stereocenters. The Kier molecular flexibility index (Phi) is 5.45. The number of nitriles is 1. The van der Waals surface area contributed by atoms with Crippen molar-refractivity contribution in [3.05, 3.63) is 65.4 Å². The molecule has 0 bridgehead atoms. The lowest BCUT2D eigenvalue weighted by Gasteiger charge is -2.28. The van der Waals surface area contributed by atoms with E-state index < -0.39 is 10.0 Å². The first kappa shape index (κ1) is 20.7. The number of piperidine rings is 1. The van der Waals surface area contributed by atoms with Gasteiger partial charge in [-0.05, 0) is 54.7 Å². The second kappa shape index (κ2) is 8.41. The van der Waals surface area contributed by atoms with Gasteiger partial charge in [0.2, 0.25) is 27.5 Å². The van der Waals surface area contributed by atoms with Gasteiger partial charge in [0.15, 0.2) is 0 Å². The minimum atomic E-state index is -3.49. The molecule has 1 aromatic heterocycles. The number of hydrogen-bond acceptors (Lipinski definition) is 6. The molecule has 8 heteroatoms. The summed E-state index contributed by atoms with van der Waals surface area (Å²) < 4.78 is 33.3. The molecule has 32 heavy (non-hydrogen) atoms. The highest BCUT2D eigenvalue weighted by Crippen LogP contribution is 2.32. The first-order valence-electron chi connectivity index (χ1n) is 10.9. The Hall–Kier alpha value is -3.15. The van der Waals surface area contributed by atoms with Gasteiger partial charge in [0, 0.05) is 31.7 Å². The molecule has 2 aliphatic rings. The van der Waals surface area contributed by atoms with E-state index in [1.807, 2.05) is 17.0 Å². The average Bonchev–Trinajstić information content (AvgIpc) is 3.29. The molecule has 5 rings (SSSR count). The molecule has 1 saturated heterocycles. The maximum absolute atomic E-state index is 12.9. The lowest BCUT2D eigenvalue weighted by Crippen LogP contribution is -2.35. The van der Waals surface area contributed by atoms with Crippen molar-refractivity contribution in [3.8, 4) is 17.5 Å². The van der Waals surface area contributed by atoms with E-state index in [1.165, 1.54) is 11.1 Å². The average molecular weight is 449 g/mol. The standard InChI is InChI=1S/C24H24N4O3S/c25-16-22-24(27-15-12-18-6-2-3-7-20(18)17-27)31-23(26-22)19-8-10-21(11-9-19)32(29,30)28-13-4-1-5-14-28/h2-3,6-11H,1,4-5,12-15,17H2. The normalized spacial score (nSPS) is 17.0. The first-order valence-corrected chi connectivity index (χ1v) is 12.3. The molecule has 2 aromatic carbocycles. The monoisotopic (exact) mass is 448 g/mol. The second-order valence-electron chi connectivity index (χ2n) is 8.21. The maximum atomic E-state index is 12.9. The van der Waals surface area contributed by atoms with E-state index in [9.17, 15) is 13.7 Å². The van der Waals surface area contributed by atoms with Crippen LogP contribution < -0.4 is 4.90 Å². The van der Waals surface area contributed by atoms with E-state index in [-0.39, 0.29) is 10.6 Å². The SMILES string of the molecule is N#Cc1nc(-c2ccc(S(=O)(=O)N3CCCCC3)cc2)oc1N1CCc2ccccc2C1. The van der Waals surface area contributed by atoms with E-state index in [0.717, 1.165) is 32.2 Å². The number of sulfonamides is 1. The number of oxazole rings is 1. The molecule has 0 N–H and O–H groups in total. The second-order valence-corrected chi connectivity index (χ2v) is 10.2. The Labute approximate surface area is 188 Å². The fourth-order valence-corrected chi connectivity index (χ4v) is 5.93. The molecule has 0 amide bonds. The summed E-state index contributed by atoms with van der Waals surface area (Å²) in [5, 5.41) is 9.62. The van der Waals surface area contributed by atoms with Gasteiger partial charge >= 0.3 is 0 Å². The van der Waals surface area contributed by atoms with Crippen LogP contribution in [-0.2, 0) is 23.0 Å². The van der Waals surface area contributed by atoms with E-state index in [0.29, 0.717) is 37.0 Å². The van der Waals surface area contributed by atoms with Crippen LogP contribution in [-0.4, -0.2) is 37.3 Å². The largest absolute Gasteiger partial charge is 0.419 e. The summed E-state index contributed by atoms with van der Waals surface area (Å²) in [5.74, 6) is 0.777. The van der Waals surface area contributed by atoms with Gasteiger partial charge in [-0.2, -0.15) is 14.6 Å². The molecule has 3 heterocycles. The van der Waals surface area contributed by atoms with E-state index in [2.05, 4.69) is 23.2 Å².